The van der Waals surface area contributed by atoms with Crippen molar-refractivity contribution in [2.24, 2.45) is 17.8 Å². The normalized spacial score (nSPS) is 22.8. The van der Waals surface area contributed by atoms with Gasteiger partial charge in [-0.1, -0.05) is 13.8 Å². The number of hydrogen-bond acceptors (Lipinski definition) is 3. The summed E-state index contributed by atoms with van der Waals surface area (Å²) in [5.41, 5.74) is 0.527. The Kier molecular flexibility index (Phi) is 3.00. The lowest BCUT2D eigenvalue weighted by Gasteiger charge is -2.03. The van der Waals surface area contributed by atoms with E-state index in [1.165, 1.54) is 6.20 Å². The highest BCUT2D eigenvalue weighted by Crippen LogP contribution is 2.41. The second-order valence-electron chi connectivity index (χ2n) is 5.00. The third-order valence-electron chi connectivity index (χ3n) is 2.91. The lowest BCUT2D eigenvalue weighted by Crippen LogP contribution is -2.08. The first kappa shape index (κ1) is 11.8. The summed E-state index contributed by atoms with van der Waals surface area (Å²) in [6, 6.07) is 0. The van der Waals surface area contributed by atoms with Crippen molar-refractivity contribution < 1.29 is 14.7 Å². The van der Waals surface area contributed by atoms with Crippen LogP contribution in [0.3, 0.4) is 0 Å². The molecule has 0 amide bonds. The fourth-order valence-corrected chi connectivity index (χ4v) is 1.94. The fourth-order valence-electron chi connectivity index (χ4n) is 1.94. The van der Waals surface area contributed by atoms with Crippen LogP contribution in [0.25, 0.3) is 0 Å². The van der Waals surface area contributed by atoms with Crippen molar-refractivity contribution in [3.8, 4) is 0 Å². The molecule has 1 fully saturated rings. The third kappa shape index (κ3) is 2.54. The van der Waals surface area contributed by atoms with Gasteiger partial charge in [0.25, 0.3) is 0 Å². The van der Waals surface area contributed by atoms with Gasteiger partial charge in [0.2, 0.25) is 0 Å². The van der Waals surface area contributed by atoms with Gasteiger partial charge in [0, 0.05) is 18.7 Å². The molecule has 1 aromatic heterocycles. The van der Waals surface area contributed by atoms with Crippen molar-refractivity contribution in [2.45, 2.75) is 26.8 Å². The van der Waals surface area contributed by atoms with E-state index in [1.807, 2.05) is 0 Å². The van der Waals surface area contributed by atoms with Crippen molar-refractivity contribution in [3.05, 3.63) is 18.0 Å². The highest BCUT2D eigenvalue weighted by molar-refractivity contribution is 6.02. The molecule has 92 valence electrons. The summed E-state index contributed by atoms with van der Waals surface area (Å²) >= 11 is 0. The van der Waals surface area contributed by atoms with Crippen LogP contribution in [0.5, 0.6) is 0 Å². The van der Waals surface area contributed by atoms with Gasteiger partial charge in [-0.15, -0.1) is 0 Å². The number of hydrogen-bond donors (Lipinski definition) is 1. The van der Waals surface area contributed by atoms with Gasteiger partial charge in [-0.25, -0.2) is 0 Å². The zero-order valence-corrected chi connectivity index (χ0v) is 9.96. The van der Waals surface area contributed by atoms with Crippen LogP contribution in [0.1, 0.15) is 30.6 Å². The van der Waals surface area contributed by atoms with Crippen LogP contribution in [0, 0.1) is 17.8 Å². The van der Waals surface area contributed by atoms with Crippen LogP contribution in [0.4, 0.5) is 0 Å². The van der Waals surface area contributed by atoms with E-state index < -0.39 is 11.9 Å². The molecule has 5 heteroatoms. The molecule has 1 saturated carbocycles. The van der Waals surface area contributed by atoms with Crippen molar-refractivity contribution >= 4 is 11.8 Å². The van der Waals surface area contributed by atoms with Crippen LogP contribution >= 0.6 is 0 Å². The standard InChI is InChI=1S/C12H16N2O3/c1-7(2)5-14-6-8(4-13-14)11(15)9-3-10(9)12(16)17/h4,6-7,9-10H,3,5H2,1-2H3,(H,16,17). The Bertz CT molecular complexity index is 450. The maximum Gasteiger partial charge on any atom is 0.307 e. The number of rotatable bonds is 5. The molecule has 0 radical (unpaired) electrons. The molecule has 5 nitrogen and oxygen atoms in total. The Balaban J connectivity index is 2.01. The first-order valence-corrected chi connectivity index (χ1v) is 5.78. The summed E-state index contributed by atoms with van der Waals surface area (Å²) in [6.45, 7) is 4.91. The van der Waals surface area contributed by atoms with Crippen LogP contribution in [-0.4, -0.2) is 26.6 Å². The first-order valence-electron chi connectivity index (χ1n) is 5.78. The average Bonchev–Trinajstić information content (AvgIpc) is 2.91. The molecule has 0 saturated heterocycles. The second-order valence-corrected chi connectivity index (χ2v) is 5.00. The van der Waals surface area contributed by atoms with Gasteiger partial charge in [-0.3, -0.25) is 14.3 Å². The average molecular weight is 236 g/mol. The molecule has 17 heavy (non-hydrogen) atoms. The Morgan fingerprint density at radius 2 is 2.24 bits per heavy atom. The Hall–Kier alpha value is -1.65. The molecule has 2 rings (SSSR count). The van der Waals surface area contributed by atoms with Crippen LogP contribution in [-0.2, 0) is 11.3 Å². The van der Waals surface area contributed by atoms with Crippen molar-refractivity contribution in [1.29, 1.82) is 0 Å². The third-order valence-corrected chi connectivity index (χ3v) is 2.91. The van der Waals surface area contributed by atoms with Gasteiger partial charge in [-0.05, 0) is 12.3 Å². The van der Waals surface area contributed by atoms with Crippen molar-refractivity contribution in [3.63, 3.8) is 0 Å². The summed E-state index contributed by atoms with van der Waals surface area (Å²) in [5.74, 6) is -1.34. The van der Waals surface area contributed by atoms with E-state index in [4.69, 9.17) is 5.11 Å². The number of nitrogens with zero attached hydrogens (tertiary/aromatic N) is 2. The Morgan fingerprint density at radius 3 is 2.76 bits per heavy atom. The van der Waals surface area contributed by atoms with Gasteiger partial charge in [0.05, 0.1) is 17.7 Å². The van der Waals surface area contributed by atoms with E-state index in [0.29, 0.717) is 17.9 Å². The van der Waals surface area contributed by atoms with Crippen LogP contribution < -0.4 is 0 Å². The number of aliphatic carboxylic acids is 1. The second kappa shape index (κ2) is 4.31. The predicted octanol–water partition coefficient (Wildman–Crippen LogP) is 1.44. The van der Waals surface area contributed by atoms with E-state index in [-0.39, 0.29) is 11.7 Å². The SMILES string of the molecule is CC(C)Cn1cc(C(=O)C2CC2C(=O)O)cn1. The number of carboxylic acids is 1. The summed E-state index contributed by atoms with van der Waals surface area (Å²) in [5, 5.41) is 12.9. The minimum Gasteiger partial charge on any atom is -0.481 e. The van der Waals surface area contributed by atoms with Gasteiger partial charge in [-0.2, -0.15) is 5.10 Å². The molecule has 1 aromatic rings. The maximum absolute atomic E-state index is 11.9. The molecule has 0 spiro atoms. The molecule has 2 unspecified atom stereocenters. The molecular weight excluding hydrogens is 220 g/mol. The summed E-state index contributed by atoms with van der Waals surface area (Å²) in [4.78, 5) is 22.6. The molecular formula is C12H16N2O3. The maximum atomic E-state index is 11.9. The van der Waals surface area contributed by atoms with Gasteiger partial charge in [0.15, 0.2) is 5.78 Å². The Labute approximate surface area is 99.4 Å². The highest BCUT2D eigenvalue weighted by Gasteiger charge is 2.48. The quantitative estimate of drug-likeness (QED) is 0.785. The van der Waals surface area contributed by atoms with Gasteiger partial charge in [0.1, 0.15) is 0 Å². The van der Waals surface area contributed by atoms with Crippen molar-refractivity contribution in [2.75, 3.05) is 0 Å². The van der Waals surface area contributed by atoms with Crippen LogP contribution in [0.2, 0.25) is 0 Å². The minimum atomic E-state index is -0.877. The lowest BCUT2D eigenvalue weighted by atomic mass is 10.1. The molecule has 2 atom stereocenters. The topological polar surface area (TPSA) is 72.2 Å². The van der Waals surface area contributed by atoms with E-state index in [9.17, 15) is 9.59 Å². The highest BCUT2D eigenvalue weighted by atomic mass is 16.4. The smallest absolute Gasteiger partial charge is 0.307 e. The van der Waals surface area contributed by atoms with Gasteiger partial charge < -0.3 is 5.11 Å². The predicted molar refractivity (Wildman–Crippen MR) is 60.6 cm³/mol. The number of ketones is 1. The summed E-state index contributed by atoms with van der Waals surface area (Å²) in [7, 11) is 0. The number of carbonyl (C=O) groups excluding carboxylic acids is 1. The zero-order valence-electron chi connectivity index (χ0n) is 9.96. The summed E-state index contributed by atoms with van der Waals surface area (Å²) in [6.07, 6.45) is 3.70. The number of carbonyl (C=O) groups is 2. The minimum absolute atomic E-state index is 0.0904. The van der Waals surface area contributed by atoms with E-state index in [1.54, 1.807) is 10.9 Å². The zero-order chi connectivity index (χ0) is 12.6. The molecule has 0 aliphatic heterocycles. The fraction of sp³-hybridized carbons (Fsp3) is 0.583. The van der Waals surface area contributed by atoms with E-state index >= 15 is 0 Å². The summed E-state index contributed by atoms with van der Waals surface area (Å²) < 4.78 is 1.73. The number of carboxylic acid groups (broad SMARTS) is 1. The van der Waals surface area contributed by atoms with Gasteiger partial charge >= 0.3 is 5.97 Å². The lowest BCUT2D eigenvalue weighted by molar-refractivity contribution is -0.138. The molecule has 1 aliphatic rings. The first-order chi connectivity index (χ1) is 7.99. The van der Waals surface area contributed by atoms with E-state index in [2.05, 4.69) is 18.9 Å². The molecule has 0 aromatic carbocycles. The molecule has 1 aliphatic carbocycles. The molecule has 1 N–H and O–H groups in total. The number of Topliss-reactive ketones (excluding diaryl/α,β-unsaturated/α-hetero) is 1. The molecule has 1 heterocycles. The largest absolute Gasteiger partial charge is 0.481 e. The van der Waals surface area contributed by atoms with Crippen LogP contribution in [0.15, 0.2) is 12.4 Å². The molecule has 0 bridgehead atoms. The van der Waals surface area contributed by atoms with Crippen molar-refractivity contribution in [1.82, 2.24) is 9.78 Å². The Morgan fingerprint density at radius 1 is 1.53 bits per heavy atom. The van der Waals surface area contributed by atoms with E-state index in [0.717, 1.165) is 6.54 Å². The number of aromatic nitrogens is 2. The monoisotopic (exact) mass is 236 g/mol.